The van der Waals surface area contributed by atoms with Gasteiger partial charge in [-0.05, 0) is 50.2 Å². The molecule has 3 aromatic carbocycles. The van der Waals surface area contributed by atoms with Gasteiger partial charge in [-0.2, -0.15) is 16.8 Å². The Morgan fingerprint density at radius 2 is 1.12 bits per heavy atom. The second-order valence-corrected chi connectivity index (χ2v) is 26.8. The summed E-state index contributed by atoms with van der Waals surface area (Å²) in [4.78, 5) is 73.8. The average molecular weight is 1410 g/mol. The predicted octanol–water partition coefficient (Wildman–Crippen LogP) is 5.59. The minimum Gasteiger partial charge on any atom is -0.455 e. The number of methoxy groups -OCH3 is 3. The average Bonchev–Trinajstić information content (AvgIpc) is 1.57. The van der Waals surface area contributed by atoms with E-state index >= 15 is 0 Å². The van der Waals surface area contributed by atoms with E-state index in [1.54, 1.807) is 92.5 Å². The summed E-state index contributed by atoms with van der Waals surface area (Å²) in [6, 6.07) is 21.0. The van der Waals surface area contributed by atoms with Crippen LogP contribution < -0.4 is 11.1 Å². The number of fused-ring (bicyclic) bond motifs is 4. The number of hydrogen-bond donors (Lipinski definition) is 3. The number of hydrogen-bond acceptors (Lipinski definition) is 28. The van der Waals surface area contributed by atoms with Crippen molar-refractivity contribution in [1.29, 1.82) is 0 Å². The molecule has 31 nitrogen and oxygen atoms in total. The fourth-order valence-corrected chi connectivity index (χ4v) is 14.0. The fourth-order valence-electron chi connectivity index (χ4n) is 12.2. The van der Waals surface area contributed by atoms with Gasteiger partial charge in [-0.15, -0.1) is 19.7 Å². The zero-order valence-corrected chi connectivity index (χ0v) is 57.4. The normalized spacial score (nSPS) is 26.4. The Balaban J connectivity index is 0.000000184. The van der Waals surface area contributed by atoms with E-state index in [0.717, 1.165) is 11.1 Å². The summed E-state index contributed by atoms with van der Waals surface area (Å²) < 4.78 is 124. The SMILES string of the molecule is C=C[C@H](C)[C@@]1(COS(=O)(=O)c2ccc(C)cc2)OC(OC(C)=O)[C@H](OC(C)=O)[C@@H]1OC.C=C[C@H](C)[C@@]1(COS(=O)(=O)c2ccc(C)cc2)O[C@@H](n2cnc3c(NC(=O)c4ccccc4)ncnc32)[C@H](OC(C)=O)[C@@H]1OC.C=C[C@H](O)[C@@]12CO[C@@H]([C@H](n3cnc4c(N)ncnc43)O1)[C@@H]2OC. The number of aliphatic hydroxyl groups excluding tert-OH is 1. The van der Waals surface area contributed by atoms with Crippen LogP contribution in [0.1, 0.15) is 68.6 Å². The molecule has 1 unspecified atom stereocenters. The molecule has 0 radical (unpaired) electrons. The summed E-state index contributed by atoms with van der Waals surface area (Å²) in [5.74, 6) is -3.01. The second kappa shape index (κ2) is 30.7. The third kappa shape index (κ3) is 15.0. The number of nitrogen functional groups attached to an aromatic ring is 1. The molecule has 530 valence electrons. The molecule has 4 fully saturated rings. The van der Waals surface area contributed by atoms with Crippen LogP contribution in [0.4, 0.5) is 11.6 Å². The first-order chi connectivity index (χ1) is 47.1. The van der Waals surface area contributed by atoms with Gasteiger partial charge in [0.05, 0.1) is 42.3 Å². The predicted molar refractivity (Wildman–Crippen MR) is 351 cm³/mol. The fraction of sp³-hybridized carbons (Fsp3) is 0.424. The molecule has 15 atom stereocenters. The number of aromatic nitrogens is 8. The monoisotopic (exact) mass is 1410 g/mol. The van der Waals surface area contributed by atoms with Crippen molar-refractivity contribution >= 4 is 78.0 Å². The van der Waals surface area contributed by atoms with Crippen LogP contribution in [0.5, 0.6) is 0 Å². The van der Waals surface area contributed by atoms with Crippen LogP contribution in [0.2, 0.25) is 0 Å². The van der Waals surface area contributed by atoms with Gasteiger partial charge in [0.25, 0.3) is 26.1 Å². The third-order valence-electron chi connectivity index (χ3n) is 17.4. The molecule has 0 spiro atoms. The number of nitrogens with zero attached hydrogens (tertiary/aromatic N) is 8. The van der Waals surface area contributed by atoms with Gasteiger partial charge in [-0.1, -0.05) is 85.7 Å². The molecule has 4 aliphatic rings. The van der Waals surface area contributed by atoms with Gasteiger partial charge in [0.15, 0.2) is 58.7 Å². The molecule has 0 saturated carbocycles. The molecule has 7 aromatic rings. The van der Waals surface area contributed by atoms with Crippen LogP contribution in [-0.4, -0.2) is 192 Å². The zero-order chi connectivity index (χ0) is 71.9. The van der Waals surface area contributed by atoms with E-state index < -0.39 is 147 Å². The Bertz CT molecular complexity index is 4320. The van der Waals surface area contributed by atoms with Crippen molar-refractivity contribution in [3.63, 3.8) is 0 Å². The molecule has 4 saturated heterocycles. The number of imidazole rings is 2. The van der Waals surface area contributed by atoms with Crippen molar-refractivity contribution in [3.05, 3.63) is 159 Å². The highest BCUT2D eigenvalue weighted by Gasteiger charge is 2.66. The maximum atomic E-state index is 13.2. The number of carbonyl (C=O) groups is 4. The number of amides is 1. The Hall–Kier alpha value is -8.84. The highest BCUT2D eigenvalue weighted by Crippen LogP contribution is 2.50. The number of nitrogens with two attached hydrogens (primary N) is 1. The molecule has 33 heteroatoms. The van der Waals surface area contributed by atoms with E-state index in [1.807, 2.05) is 13.8 Å². The van der Waals surface area contributed by atoms with E-state index in [0.29, 0.717) is 22.5 Å². The van der Waals surface area contributed by atoms with Gasteiger partial charge in [0.2, 0.25) is 6.29 Å². The number of aryl methyl sites for hydroxylation is 2. The lowest BCUT2D eigenvalue weighted by molar-refractivity contribution is -0.212. The maximum absolute atomic E-state index is 13.2. The van der Waals surface area contributed by atoms with Gasteiger partial charge < -0.3 is 63.5 Å². The largest absolute Gasteiger partial charge is 0.455 e. The third-order valence-corrected chi connectivity index (χ3v) is 19.9. The van der Waals surface area contributed by atoms with Crippen molar-refractivity contribution in [2.75, 3.05) is 52.2 Å². The molecule has 2 bridgehead atoms. The van der Waals surface area contributed by atoms with Gasteiger partial charge in [0, 0.05) is 59.5 Å². The van der Waals surface area contributed by atoms with E-state index in [1.165, 1.54) is 95.0 Å². The maximum Gasteiger partial charge on any atom is 0.305 e. The second-order valence-electron chi connectivity index (χ2n) is 23.6. The van der Waals surface area contributed by atoms with Crippen LogP contribution in [-0.2, 0) is 90.4 Å². The van der Waals surface area contributed by atoms with Crippen molar-refractivity contribution < 1.29 is 96.9 Å². The van der Waals surface area contributed by atoms with Crippen molar-refractivity contribution in [1.82, 2.24) is 39.0 Å². The molecule has 0 aliphatic carbocycles. The molecule has 11 rings (SSSR count). The number of anilines is 2. The zero-order valence-electron chi connectivity index (χ0n) is 55.8. The number of carbonyl (C=O) groups excluding carboxylic acids is 4. The van der Waals surface area contributed by atoms with Crippen molar-refractivity contribution in [2.45, 2.75) is 137 Å². The first-order valence-corrected chi connectivity index (χ1v) is 33.6. The van der Waals surface area contributed by atoms with E-state index in [9.17, 15) is 41.1 Å². The highest BCUT2D eigenvalue weighted by atomic mass is 32.2. The van der Waals surface area contributed by atoms with E-state index in [-0.39, 0.29) is 33.4 Å². The van der Waals surface area contributed by atoms with Gasteiger partial charge in [-0.25, -0.2) is 29.9 Å². The lowest BCUT2D eigenvalue weighted by atomic mass is 9.83. The molecular formula is C66H78N10O21S2. The first-order valence-electron chi connectivity index (χ1n) is 30.8. The van der Waals surface area contributed by atoms with Gasteiger partial charge >= 0.3 is 17.9 Å². The van der Waals surface area contributed by atoms with Gasteiger partial charge in [-0.3, -0.25) is 36.7 Å². The van der Waals surface area contributed by atoms with Crippen LogP contribution in [0.3, 0.4) is 0 Å². The summed E-state index contributed by atoms with van der Waals surface area (Å²) >= 11 is 0. The molecule has 4 N–H and O–H groups in total. The van der Waals surface area contributed by atoms with Crippen LogP contribution >= 0.6 is 0 Å². The van der Waals surface area contributed by atoms with Crippen molar-refractivity contribution in [3.8, 4) is 0 Å². The Kier molecular flexibility index (Phi) is 23.1. The first kappa shape index (κ1) is 74.4. The lowest BCUT2D eigenvalue weighted by Gasteiger charge is -2.37. The van der Waals surface area contributed by atoms with Crippen LogP contribution in [0.25, 0.3) is 22.3 Å². The molecule has 8 heterocycles. The summed E-state index contributed by atoms with van der Waals surface area (Å²) in [5, 5.41) is 13.1. The molecular weight excluding hydrogens is 1330 g/mol. The smallest absolute Gasteiger partial charge is 0.305 e. The number of ether oxygens (including phenoxy) is 10. The minimum atomic E-state index is -4.22. The number of aliphatic hydroxyl groups is 1. The summed E-state index contributed by atoms with van der Waals surface area (Å²) in [6.07, 6.45) is 1.13. The molecule has 4 aliphatic heterocycles. The van der Waals surface area contributed by atoms with Crippen LogP contribution in [0, 0.1) is 25.7 Å². The molecule has 4 aromatic heterocycles. The Labute approximate surface area is 570 Å². The van der Waals surface area contributed by atoms with Crippen LogP contribution in [0.15, 0.2) is 152 Å². The highest BCUT2D eigenvalue weighted by molar-refractivity contribution is 7.87. The van der Waals surface area contributed by atoms with E-state index in [4.69, 9.17) is 61.5 Å². The topological polar surface area (TPSA) is 393 Å². The minimum absolute atomic E-state index is 0.0282. The lowest BCUT2D eigenvalue weighted by Crippen LogP contribution is -2.53. The summed E-state index contributed by atoms with van der Waals surface area (Å²) in [7, 11) is -4.05. The number of benzene rings is 3. The number of esters is 3. The Morgan fingerprint density at radius 3 is 1.64 bits per heavy atom. The number of rotatable bonds is 24. The Morgan fingerprint density at radius 1 is 0.636 bits per heavy atom. The van der Waals surface area contributed by atoms with E-state index in [2.05, 4.69) is 55.0 Å². The summed E-state index contributed by atoms with van der Waals surface area (Å²) in [6.45, 7) is 21.3. The quantitative estimate of drug-likeness (QED) is 0.0287. The van der Waals surface area contributed by atoms with Crippen molar-refractivity contribution in [2.24, 2.45) is 11.8 Å². The molecule has 1 amide bonds. The standard InChI is InChI=1S/C31H33N5O8S.C21H28O9S.C14H17N5O4/c1-6-20(3)31(16-42-45(39,40)23-14-12-19(2)13-15-23)26(41-5)25(43-21(4)37)30(44-31)36-18-34-24-27(32-17-33-28(24)36)35-29(38)22-10-8-7-9-11-22;1-7-14(3)21(12-27-31(24,25)17-10-8-13(2)9-11-17)19(26-6)18(28-15(4)22)20(30-21)29-16(5)23;1-3-7(20)14-4-22-9(10(14)21-2)13(23-14)19-6-18-8-11(15)16-5-17-12(8)19/h6-15,17-18,20,25-26,30H,1,16H2,2-5H3,(H,32,33,35,38);7-11,14,18-20H,1,12H2,2-6H3;3,5-7,9-10,13,20H,1,4H2,2H3,(H2,15,16,17)/t20-,25+,26-,30+,31+;14-,18+,19-,20?,21+;7-,9+,10-,13+,14+/m000/s1. The number of nitrogens with one attached hydrogen (secondary N) is 1. The van der Waals surface area contributed by atoms with Gasteiger partial charge in [0.1, 0.15) is 59.9 Å². The molecule has 99 heavy (non-hydrogen) atoms. The summed E-state index contributed by atoms with van der Waals surface area (Å²) in [5.41, 5.74) is 5.55.